The van der Waals surface area contributed by atoms with Crippen LogP contribution in [0.1, 0.15) is 18.4 Å². The van der Waals surface area contributed by atoms with E-state index in [0.29, 0.717) is 17.3 Å². The molecule has 0 spiro atoms. The Bertz CT molecular complexity index is 852. The van der Waals surface area contributed by atoms with E-state index >= 15 is 0 Å². The van der Waals surface area contributed by atoms with Crippen LogP contribution in [0.2, 0.25) is 5.02 Å². The molecule has 4 unspecified atom stereocenters. The lowest BCUT2D eigenvalue weighted by molar-refractivity contribution is -0.124. The topological polar surface area (TPSA) is 64.4 Å². The van der Waals surface area contributed by atoms with E-state index in [1.165, 1.54) is 4.90 Å². The molecule has 4 atom stereocenters. The van der Waals surface area contributed by atoms with Gasteiger partial charge < -0.3 is 4.74 Å². The van der Waals surface area contributed by atoms with Crippen molar-refractivity contribution in [1.29, 1.82) is 0 Å². The van der Waals surface area contributed by atoms with Crippen molar-refractivity contribution in [1.82, 2.24) is 9.78 Å². The molecule has 0 N–H and O–H groups in total. The minimum atomic E-state index is -0.306. The van der Waals surface area contributed by atoms with Gasteiger partial charge in [-0.1, -0.05) is 23.7 Å². The average Bonchev–Trinajstić information content (AvgIpc) is 3.34. The molecule has 6 nitrogen and oxygen atoms in total. The van der Waals surface area contributed by atoms with E-state index in [1.807, 2.05) is 18.2 Å². The number of carbonyl (C=O) groups is 2. The van der Waals surface area contributed by atoms with Crippen molar-refractivity contribution in [2.75, 3.05) is 4.90 Å². The predicted octanol–water partition coefficient (Wildman–Crippen LogP) is 2.25. The molecule has 2 bridgehead atoms. The molecule has 3 aliphatic heterocycles. The summed E-state index contributed by atoms with van der Waals surface area (Å²) >= 11 is 5.89. The van der Waals surface area contributed by atoms with Gasteiger partial charge >= 0.3 is 0 Å². The molecule has 1 aromatic carbocycles. The lowest BCUT2D eigenvalue weighted by Gasteiger charge is -2.18. The molecule has 3 aliphatic rings. The molecule has 3 fully saturated rings. The number of aromatic nitrogens is 2. The van der Waals surface area contributed by atoms with Crippen molar-refractivity contribution < 1.29 is 14.3 Å². The van der Waals surface area contributed by atoms with Gasteiger partial charge in [-0.2, -0.15) is 5.10 Å². The van der Waals surface area contributed by atoms with Gasteiger partial charge in [0, 0.05) is 6.20 Å². The second-order valence-corrected chi connectivity index (χ2v) is 7.32. The van der Waals surface area contributed by atoms with Crippen LogP contribution in [-0.2, 0) is 20.9 Å². The molecule has 1 aromatic heterocycles. The van der Waals surface area contributed by atoms with Crippen molar-refractivity contribution in [2.24, 2.45) is 11.8 Å². The maximum absolute atomic E-state index is 12.9. The van der Waals surface area contributed by atoms with Crippen molar-refractivity contribution in [3.8, 4) is 0 Å². The normalized spacial score (nSPS) is 30.4. The highest BCUT2D eigenvalue weighted by atomic mass is 35.5. The summed E-state index contributed by atoms with van der Waals surface area (Å²) in [5, 5.41) is 4.74. The number of imide groups is 1. The Hall–Kier alpha value is -2.18. The monoisotopic (exact) mass is 357 g/mol. The van der Waals surface area contributed by atoms with Crippen molar-refractivity contribution in [3.05, 3.63) is 47.2 Å². The van der Waals surface area contributed by atoms with E-state index in [4.69, 9.17) is 16.3 Å². The highest BCUT2D eigenvalue weighted by Crippen LogP contribution is 2.49. The third kappa shape index (κ3) is 2.24. The van der Waals surface area contributed by atoms with Crippen molar-refractivity contribution in [2.45, 2.75) is 31.6 Å². The van der Waals surface area contributed by atoms with Gasteiger partial charge in [0.15, 0.2) is 0 Å². The van der Waals surface area contributed by atoms with E-state index in [9.17, 15) is 9.59 Å². The van der Waals surface area contributed by atoms with Gasteiger partial charge in [0.2, 0.25) is 11.8 Å². The molecule has 128 valence electrons. The third-order valence-corrected chi connectivity index (χ3v) is 5.59. The van der Waals surface area contributed by atoms with E-state index in [0.717, 1.165) is 18.4 Å². The number of halogens is 1. The fourth-order valence-electron chi connectivity index (χ4n) is 4.37. The first-order chi connectivity index (χ1) is 12.1. The number of fused-ring (bicyclic) bond motifs is 5. The summed E-state index contributed by atoms with van der Waals surface area (Å²) in [6, 6.07) is 7.47. The number of hydrogen-bond donors (Lipinski definition) is 0. The van der Waals surface area contributed by atoms with Crippen molar-refractivity contribution >= 4 is 29.1 Å². The maximum atomic E-state index is 12.9. The number of nitrogens with zero attached hydrogens (tertiary/aromatic N) is 3. The summed E-state index contributed by atoms with van der Waals surface area (Å²) < 4.78 is 7.50. The number of ether oxygens (including phenoxy) is 1. The summed E-state index contributed by atoms with van der Waals surface area (Å²) in [6.45, 7) is 0.526. The van der Waals surface area contributed by atoms with Gasteiger partial charge in [0.25, 0.3) is 0 Å². The Morgan fingerprint density at radius 3 is 2.52 bits per heavy atom. The summed E-state index contributed by atoms with van der Waals surface area (Å²) in [5.74, 6) is -0.859. The largest absolute Gasteiger partial charge is 0.373 e. The van der Waals surface area contributed by atoms with Crippen LogP contribution in [0.15, 0.2) is 36.7 Å². The molecule has 25 heavy (non-hydrogen) atoms. The molecule has 4 heterocycles. The number of amides is 2. The van der Waals surface area contributed by atoms with Gasteiger partial charge in [-0.15, -0.1) is 0 Å². The second-order valence-electron chi connectivity index (χ2n) is 6.88. The average molecular weight is 358 g/mol. The van der Waals surface area contributed by atoms with Crippen molar-refractivity contribution in [3.63, 3.8) is 0 Å². The van der Waals surface area contributed by atoms with Gasteiger partial charge in [-0.05, 0) is 30.5 Å². The van der Waals surface area contributed by atoms with Crippen LogP contribution in [0.5, 0.6) is 0 Å². The molecular formula is C18H16ClN3O3. The van der Waals surface area contributed by atoms with Gasteiger partial charge in [-0.25, -0.2) is 4.90 Å². The van der Waals surface area contributed by atoms with Crippen LogP contribution >= 0.6 is 11.6 Å². The molecule has 7 heteroatoms. The van der Waals surface area contributed by atoms with Crippen LogP contribution in [-0.4, -0.2) is 33.8 Å². The highest BCUT2D eigenvalue weighted by Gasteiger charge is 2.62. The third-order valence-electron chi connectivity index (χ3n) is 5.40. The molecule has 2 amide bonds. The Kier molecular flexibility index (Phi) is 3.27. The number of benzene rings is 1. The quantitative estimate of drug-likeness (QED) is 0.790. The van der Waals surface area contributed by atoms with Crippen LogP contribution in [0.3, 0.4) is 0 Å². The first-order valence-corrected chi connectivity index (χ1v) is 8.80. The fourth-order valence-corrected chi connectivity index (χ4v) is 4.53. The zero-order chi connectivity index (χ0) is 17.1. The first kappa shape index (κ1) is 15.1. The molecule has 3 saturated heterocycles. The smallest absolute Gasteiger partial charge is 0.240 e. The lowest BCUT2D eigenvalue weighted by Crippen LogP contribution is -2.34. The second kappa shape index (κ2) is 5.41. The van der Waals surface area contributed by atoms with E-state index < -0.39 is 0 Å². The Labute approximate surface area is 149 Å². The van der Waals surface area contributed by atoms with E-state index in [1.54, 1.807) is 23.1 Å². The minimum Gasteiger partial charge on any atom is -0.373 e. The summed E-state index contributed by atoms with van der Waals surface area (Å²) in [6.07, 6.45) is 4.88. The number of anilines is 1. The van der Waals surface area contributed by atoms with Crippen LogP contribution in [0.25, 0.3) is 0 Å². The number of rotatable bonds is 3. The summed E-state index contributed by atoms with van der Waals surface area (Å²) in [7, 11) is 0. The molecular weight excluding hydrogens is 342 g/mol. The predicted molar refractivity (Wildman–Crippen MR) is 90.1 cm³/mol. The SMILES string of the molecule is O=C1C2C3CCC(O3)C2C(=O)N1c1cccc(Cn2cc(Cl)cn2)c1. The number of carbonyl (C=O) groups excluding carboxylic acids is 2. The summed E-state index contributed by atoms with van der Waals surface area (Å²) in [5.41, 5.74) is 1.58. The molecule has 0 radical (unpaired) electrons. The standard InChI is InChI=1S/C18H16ClN3O3/c19-11-7-20-21(9-11)8-10-2-1-3-12(6-10)22-17(23)15-13-4-5-14(25-13)16(15)18(22)24/h1-3,6-7,9,13-16H,4-5,8H2. The van der Waals surface area contributed by atoms with Gasteiger partial charge in [-0.3, -0.25) is 14.3 Å². The Morgan fingerprint density at radius 2 is 1.88 bits per heavy atom. The van der Waals surface area contributed by atoms with Crippen LogP contribution in [0.4, 0.5) is 5.69 Å². The van der Waals surface area contributed by atoms with Crippen LogP contribution < -0.4 is 4.90 Å². The Morgan fingerprint density at radius 1 is 1.16 bits per heavy atom. The Balaban J connectivity index is 1.44. The van der Waals surface area contributed by atoms with E-state index in [-0.39, 0.29) is 35.9 Å². The van der Waals surface area contributed by atoms with Crippen LogP contribution in [0, 0.1) is 11.8 Å². The summed E-state index contributed by atoms with van der Waals surface area (Å²) in [4.78, 5) is 27.1. The zero-order valence-electron chi connectivity index (χ0n) is 13.3. The molecule has 5 rings (SSSR count). The number of hydrogen-bond acceptors (Lipinski definition) is 4. The zero-order valence-corrected chi connectivity index (χ0v) is 14.1. The van der Waals surface area contributed by atoms with Gasteiger partial charge in [0.05, 0.1) is 47.5 Å². The lowest BCUT2D eigenvalue weighted by atomic mass is 9.81. The maximum Gasteiger partial charge on any atom is 0.240 e. The highest BCUT2D eigenvalue weighted by molar-refractivity contribution is 6.30. The first-order valence-electron chi connectivity index (χ1n) is 8.42. The molecule has 0 saturated carbocycles. The van der Waals surface area contributed by atoms with Gasteiger partial charge in [0.1, 0.15) is 0 Å². The fraction of sp³-hybridized carbons (Fsp3) is 0.389. The minimum absolute atomic E-state index is 0.0918. The molecule has 2 aromatic rings. The molecule has 0 aliphatic carbocycles. The van der Waals surface area contributed by atoms with E-state index in [2.05, 4.69) is 5.10 Å².